The van der Waals surface area contributed by atoms with Crippen molar-refractivity contribution in [3.8, 4) is 11.4 Å². The Kier molecular flexibility index (Phi) is 7.27. The number of nitrogens with one attached hydrogen (secondary N) is 1. The lowest BCUT2D eigenvalue weighted by molar-refractivity contribution is -0.125. The molecule has 0 fully saturated rings. The van der Waals surface area contributed by atoms with Crippen molar-refractivity contribution in [2.45, 2.75) is 37.2 Å². The number of hydrogen-bond donors (Lipinski definition) is 1. The van der Waals surface area contributed by atoms with E-state index in [1.54, 1.807) is 36.4 Å². The number of carbonyl (C=O) groups excluding carboxylic acids is 1. The first-order chi connectivity index (χ1) is 15.1. The predicted molar refractivity (Wildman–Crippen MR) is 121 cm³/mol. The Labute approximate surface area is 192 Å². The second-order valence-corrected chi connectivity index (χ2v) is 10.0. The van der Waals surface area contributed by atoms with Crippen LogP contribution in [-0.4, -0.2) is 52.9 Å². The molecule has 0 aliphatic carbocycles. The molecule has 0 aliphatic heterocycles. The average molecular weight is 477 g/mol. The van der Waals surface area contributed by atoms with Gasteiger partial charge in [-0.05, 0) is 60.5 Å². The molecule has 1 aromatic heterocycles. The third-order valence-electron chi connectivity index (χ3n) is 5.02. The van der Waals surface area contributed by atoms with Crippen LogP contribution in [0.2, 0.25) is 5.02 Å². The fourth-order valence-corrected chi connectivity index (χ4v) is 4.09. The molecule has 9 nitrogen and oxygen atoms in total. The summed E-state index contributed by atoms with van der Waals surface area (Å²) < 4.78 is 25.6. The molecule has 1 amide bonds. The average Bonchev–Trinajstić information content (AvgIpc) is 3.24. The van der Waals surface area contributed by atoms with Crippen molar-refractivity contribution in [2.75, 3.05) is 14.1 Å². The number of halogens is 1. The number of nitrogens with zero attached hydrogens (tertiary/aromatic N) is 5. The van der Waals surface area contributed by atoms with Crippen LogP contribution in [0.1, 0.15) is 37.9 Å². The summed E-state index contributed by atoms with van der Waals surface area (Å²) in [4.78, 5) is 14.4. The summed E-state index contributed by atoms with van der Waals surface area (Å²) in [5.74, 6) is 0.142. The lowest BCUT2D eigenvalue weighted by Gasteiger charge is -2.19. The van der Waals surface area contributed by atoms with Crippen LogP contribution < -0.4 is 5.32 Å². The van der Waals surface area contributed by atoms with E-state index < -0.39 is 16.1 Å². The maximum Gasteiger partial charge on any atom is 0.247 e. The minimum atomic E-state index is -3.51. The minimum absolute atomic E-state index is 0.192. The van der Waals surface area contributed by atoms with Crippen molar-refractivity contribution in [1.82, 2.24) is 29.8 Å². The van der Waals surface area contributed by atoms with E-state index in [-0.39, 0.29) is 16.8 Å². The Bertz CT molecular complexity index is 1180. The smallest absolute Gasteiger partial charge is 0.247 e. The molecule has 32 heavy (non-hydrogen) atoms. The van der Waals surface area contributed by atoms with E-state index in [0.29, 0.717) is 17.3 Å². The Morgan fingerprint density at radius 2 is 1.75 bits per heavy atom. The first-order valence-electron chi connectivity index (χ1n) is 10.0. The maximum absolute atomic E-state index is 12.9. The van der Waals surface area contributed by atoms with Gasteiger partial charge in [0.15, 0.2) is 6.04 Å². The van der Waals surface area contributed by atoms with Crippen molar-refractivity contribution in [3.05, 3.63) is 59.1 Å². The van der Waals surface area contributed by atoms with Gasteiger partial charge in [-0.25, -0.2) is 12.7 Å². The molecule has 2 aromatic carbocycles. The molecule has 0 radical (unpaired) electrons. The summed E-state index contributed by atoms with van der Waals surface area (Å²) >= 11 is 5.92. The fraction of sp³-hybridized carbons (Fsp3) is 0.333. The molecule has 1 heterocycles. The van der Waals surface area contributed by atoms with Gasteiger partial charge in [0.2, 0.25) is 21.8 Å². The molecule has 1 N–H and O–H groups in total. The third-order valence-corrected chi connectivity index (χ3v) is 7.10. The molecule has 0 spiro atoms. The highest BCUT2D eigenvalue weighted by Crippen LogP contribution is 2.21. The number of amides is 1. The van der Waals surface area contributed by atoms with Crippen LogP contribution in [0.25, 0.3) is 11.4 Å². The van der Waals surface area contributed by atoms with Crippen LogP contribution in [0.4, 0.5) is 0 Å². The minimum Gasteiger partial charge on any atom is -0.348 e. The monoisotopic (exact) mass is 476 g/mol. The zero-order valence-electron chi connectivity index (χ0n) is 18.2. The Morgan fingerprint density at radius 1 is 1.12 bits per heavy atom. The number of sulfonamides is 1. The van der Waals surface area contributed by atoms with Gasteiger partial charge in [-0.2, -0.15) is 4.80 Å². The van der Waals surface area contributed by atoms with Crippen LogP contribution >= 0.6 is 11.6 Å². The van der Waals surface area contributed by atoms with E-state index in [2.05, 4.69) is 20.7 Å². The van der Waals surface area contributed by atoms with Gasteiger partial charge in [-0.15, -0.1) is 10.2 Å². The van der Waals surface area contributed by atoms with Crippen molar-refractivity contribution in [3.63, 3.8) is 0 Å². The van der Waals surface area contributed by atoms with E-state index in [4.69, 9.17) is 11.6 Å². The van der Waals surface area contributed by atoms with Crippen LogP contribution in [0.3, 0.4) is 0 Å². The molecule has 2 unspecified atom stereocenters. The summed E-state index contributed by atoms with van der Waals surface area (Å²) in [6.07, 6.45) is 0.467. The lowest BCUT2D eigenvalue weighted by Crippen LogP contribution is -2.35. The zero-order chi connectivity index (χ0) is 23.5. The first-order valence-corrected chi connectivity index (χ1v) is 11.8. The molecule has 0 aliphatic rings. The van der Waals surface area contributed by atoms with Gasteiger partial charge in [-0.3, -0.25) is 4.79 Å². The van der Waals surface area contributed by atoms with E-state index in [9.17, 15) is 13.2 Å². The summed E-state index contributed by atoms with van der Waals surface area (Å²) in [6, 6.07) is 12.5. The molecule has 0 saturated carbocycles. The number of rotatable bonds is 8. The lowest BCUT2D eigenvalue weighted by atomic mass is 10.1. The van der Waals surface area contributed by atoms with E-state index in [1.165, 1.54) is 31.0 Å². The van der Waals surface area contributed by atoms with Gasteiger partial charge in [0.25, 0.3) is 0 Å². The fourth-order valence-electron chi connectivity index (χ4n) is 3.06. The second-order valence-electron chi connectivity index (χ2n) is 7.45. The second kappa shape index (κ2) is 9.76. The van der Waals surface area contributed by atoms with Gasteiger partial charge >= 0.3 is 0 Å². The summed E-state index contributed by atoms with van der Waals surface area (Å²) in [5, 5.41) is 16.0. The molecular weight excluding hydrogens is 452 g/mol. The Morgan fingerprint density at radius 3 is 2.31 bits per heavy atom. The predicted octanol–water partition coefficient (Wildman–Crippen LogP) is 3.07. The Hall–Kier alpha value is -2.82. The molecule has 3 rings (SSSR count). The van der Waals surface area contributed by atoms with Crippen molar-refractivity contribution < 1.29 is 13.2 Å². The molecule has 0 bridgehead atoms. The highest BCUT2D eigenvalue weighted by Gasteiger charge is 2.24. The highest BCUT2D eigenvalue weighted by atomic mass is 35.5. The van der Waals surface area contributed by atoms with Crippen molar-refractivity contribution in [2.24, 2.45) is 0 Å². The van der Waals surface area contributed by atoms with E-state index in [1.807, 2.05) is 13.8 Å². The number of hydrogen-bond acceptors (Lipinski definition) is 6. The normalized spacial score (nSPS) is 13.7. The first kappa shape index (κ1) is 23.8. The third kappa shape index (κ3) is 5.14. The highest BCUT2D eigenvalue weighted by molar-refractivity contribution is 7.89. The molecular formula is C21H25ClN6O3S. The Balaban J connectivity index is 1.72. The van der Waals surface area contributed by atoms with Gasteiger partial charge in [0.1, 0.15) is 0 Å². The zero-order valence-corrected chi connectivity index (χ0v) is 19.8. The van der Waals surface area contributed by atoms with Crippen LogP contribution in [-0.2, 0) is 14.8 Å². The molecule has 170 valence electrons. The number of tetrazole rings is 1. The van der Waals surface area contributed by atoms with Crippen molar-refractivity contribution >= 4 is 27.5 Å². The number of carbonyl (C=O) groups is 1. The summed E-state index contributed by atoms with van der Waals surface area (Å²) in [7, 11) is -0.548. The maximum atomic E-state index is 12.9. The molecule has 0 saturated heterocycles. The molecule has 2 atom stereocenters. The summed E-state index contributed by atoms with van der Waals surface area (Å²) in [5.41, 5.74) is 1.52. The van der Waals surface area contributed by atoms with Crippen LogP contribution in [0.15, 0.2) is 53.4 Å². The molecule has 3 aromatic rings. The van der Waals surface area contributed by atoms with Gasteiger partial charge < -0.3 is 5.32 Å². The topological polar surface area (TPSA) is 110 Å². The van der Waals surface area contributed by atoms with Crippen LogP contribution in [0, 0.1) is 0 Å². The SMILES string of the molecule is CCC(C(=O)NC(C)c1ccc(S(=O)(=O)N(C)C)cc1)n1nnc(-c2ccc(Cl)cc2)n1. The molecule has 11 heteroatoms. The summed E-state index contributed by atoms with van der Waals surface area (Å²) in [6.45, 7) is 3.69. The standard InChI is InChI=1S/C21H25ClN6O3S/c1-5-19(28-25-20(24-26-28)16-6-10-17(22)11-7-16)21(29)23-14(2)15-8-12-18(13-9-15)32(30,31)27(3)4/h6-14,19H,5H2,1-4H3,(H,23,29). The van der Waals surface area contributed by atoms with E-state index >= 15 is 0 Å². The van der Waals surface area contributed by atoms with Gasteiger partial charge in [0.05, 0.1) is 10.9 Å². The van der Waals surface area contributed by atoms with Crippen molar-refractivity contribution in [1.29, 1.82) is 0 Å². The quantitative estimate of drug-likeness (QED) is 0.535. The van der Waals surface area contributed by atoms with Crippen LogP contribution in [0.5, 0.6) is 0 Å². The largest absolute Gasteiger partial charge is 0.348 e. The van der Waals surface area contributed by atoms with Gasteiger partial charge in [-0.1, -0.05) is 30.7 Å². The van der Waals surface area contributed by atoms with Gasteiger partial charge in [0, 0.05) is 24.7 Å². The number of benzene rings is 2. The van der Waals surface area contributed by atoms with E-state index in [0.717, 1.165) is 15.4 Å². The number of aromatic nitrogens is 4.